The quantitative estimate of drug-likeness (QED) is 0.520. The van der Waals surface area contributed by atoms with Crippen LogP contribution < -0.4 is 10.9 Å². The molecular weight excluding hydrogens is 342 g/mol. The number of nitrogens with one attached hydrogen (secondary N) is 3. The smallest absolute Gasteiger partial charge is 0.272 e. The minimum atomic E-state index is -0.360. The van der Waals surface area contributed by atoms with Gasteiger partial charge in [0, 0.05) is 5.39 Å². The molecule has 1 atom stereocenters. The summed E-state index contributed by atoms with van der Waals surface area (Å²) in [6.07, 6.45) is 0. The number of rotatable bonds is 4. The van der Waals surface area contributed by atoms with Gasteiger partial charge in [0.25, 0.3) is 11.5 Å². The van der Waals surface area contributed by atoms with Crippen molar-refractivity contribution in [2.45, 2.75) is 19.9 Å². The van der Waals surface area contributed by atoms with Crippen LogP contribution in [0, 0.1) is 5.92 Å². The number of imidazole rings is 1. The third-order valence-electron chi connectivity index (χ3n) is 4.57. The van der Waals surface area contributed by atoms with Gasteiger partial charge in [0.15, 0.2) is 5.69 Å². The summed E-state index contributed by atoms with van der Waals surface area (Å²) >= 11 is 0. The fourth-order valence-corrected chi connectivity index (χ4v) is 3.17. The highest BCUT2D eigenvalue weighted by Gasteiger charge is 2.24. The van der Waals surface area contributed by atoms with E-state index in [-0.39, 0.29) is 29.1 Å². The van der Waals surface area contributed by atoms with Crippen molar-refractivity contribution in [3.05, 3.63) is 70.4 Å². The number of fused-ring (bicyclic) bond motifs is 2. The minimum Gasteiger partial charge on any atom is -0.340 e. The molecule has 0 aliphatic heterocycles. The SMILES string of the molecule is CC(C)[C@H](NC(=O)c1n[nH]c(=O)c2ccccc12)c1nc2ccccc2[nH]1. The first-order valence-electron chi connectivity index (χ1n) is 8.77. The molecule has 0 saturated carbocycles. The van der Waals surface area contributed by atoms with E-state index in [0.29, 0.717) is 16.6 Å². The highest BCUT2D eigenvalue weighted by molar-refractivity contribution is 6.04. The average molecular weight is 361 g/mol. The zero-order valence-electron chi connectivity index (χ0n) is 15.0. The van der Waals surface area contributed by atoms with Gasteiger partial charge in [-0.3, -0.25) is 9.59 Å². The fourth-order valence-electron chi connectivity index (χ4n) is 3.17. The summed E-state index contributed by atoms with van der Waals surface area (Å²) in [4.78, 5) is 32.8. The van der Waals surface area contributed by atoms with E-state index in [1.54, 1.807) is 24.3 Å². The molecule has 27 heavy (non-hydrogen) atoms. The fraction of sp³-hybridized carbons (Fsp3) is 0.200. The number of hydrogen-bond acceptors (Lipinski definition) is 4. The molecule has 1 amide bonds. The van der Waals surface area contributed by atoms with E-state index in [1.165, 1.54) is 0 Å². The van der Waals surface area contributed by atoms with E-state index in [1.807, 2.05) is 38.1 Å². The van der Waals surface area contributed by atoms with Gasteiger partial charge in [-0.2, -0.15) is 5.10 Å². The average Bonchev–Trinajstić information content (AvgIpc) is 3.10. The zero-order valence-corrected chi connectivity index (χ0v) is 15.0. The summed E-state index contributed by atoms with van der Waals surface area (Å²) < 4.78 is 0. The molecule has 2 heterocycles. The van der Waals surface area contributed by atoms with Crippen molar-refractivity contribution in [1.82, 2.24) is 25.5 Å². The Kier molecular flexibility index (Phi) is 4.19. The van der Waals surface area contributed by atoms with Gasteiger partial charge in [0.05, 0.1) is 22.5 Å². The van der Waals surface area contributed by atoms with Crippen molar-refractivity contribution in [3.63, 3.8) is 0 Å². The van der Waals surface area contributed by atoms with E-state index < -0.39 is 0 Å². The summed E-state index contributed by atoms with van der Waals surface area (Å²) in [5.74, 6) is 0.429. The van der Waals surface area contributed by atoms with Crippen molar-refractivity contribution in [2.75, 3.05) is 0 Å². The van der Waals surface area contributed by atoms with Crippen molar-refractivity contribution in [3.8, 4) is 0 Å². The van der Waals surface area contributed by atoms with E-state index in [0.717, 1.165) is 11.0 Å². The molecule has 0 aliphatic rings. The minimum absolute atomic E-state index is 0.100. The molecule has 0 radical (unpaired) electrons. The van der Waals surface area contributed by atoms with Crippen LogP contribution in [0.25, 0.3) is 21.8 Å². The monoisotopic (exact) mass is 361 g/mol. The van der Waals surface area contributed by atoms with Crippen LogP contribution in [0.3, 0.4) is 0 Å². The topological polar surface area (TPSA) is 104 Å². The number of amides is 1. The van der Waals surface area contributed by atoms with Crippen LogP contribution >= 0.6 is 0 Å². The summed E-state index contributed by atoms with van der Waals surface area (Å²) in [6.45, 7) is 4.02. The Labute approximate surface area is 154 Å². The highest BCUT2D eigenvalue weighted by Crippen LogP contribution is 2.23. The van der Waals surface area contributed by atoms with Crippen LogP contribution in [-0.4, -0.2) is 26.1 Å². The molecule has 0 spiro atoms. The maximum Gasteiger partial charge on any atom is 0.272 e. The highest BCUT2D eigenvalue weighted by atomic mass is 16.2. The second kappa shape index (κ2) is 6.68. The summed E-state index contributed by atoms with van der Waals surface area (Å²) in [6, 6.07) is 14.3. The van der Waals surface area contributed by atoms with Gasteiger partial charge in [0.1, 0.15) is 5.82 Å². The number of H-pyrrole nitrogens is 2. The number of aromatic nitrogens is 4. The Morgan fingerprint density at radius 1 is 1.04 bits per heavy atom. The molecule has 7 nitrogen and oxygen atoms in total. The van der Waals surface area contributed by atoms with Crippen LogP contribution in [-0.2, 0) is 0 Å². The second-order valence-corrected chi connectivity index (χ2v) is 6.78. The number of hydrogen-bond donors (Lipinski definition) is 3. The Hall–Kier alpha value is -3.48. The van der Waals surface area contributed by atoms with Gasteiger partial charge in [0.2, 0.25) is 0 Å². The molecule has 0 bridgehead atoms. The summed E-state index contributed by atoms with van der Waals surface area (Å²) in [5.41, 5.74) is 1.63. The van der Waals surface area contributed by atoms with Crippen LogP contribution in [0.1, 0.15) is 36.2 Å². The first-order chi connectivity index (χ1) is 13.0. The zero-order chi connectivity index (χ0) is 19.0. The van der Waals surface area contributed by atoms with Crippen molar-refractivity contribution in [2.24, 2.45) is 5.92 Å². The Balaban J connectivity index is 1.71. The first-order valence-corrected chi connectivity index (χ1v) is 8.77. The molecule has 3 N–H and O–H groups in total. The molecule has 136 valence electrons. The molecule has 0 unspecified atom stereocenters. The molecule has 7 heteroatoms. The molecule has 4 aromatic rings. The van der Waals surface area contributed by atoms with Gasteiger partial charge in [-0.15, -0.1) is 0 Å². The van der Waals surface area contributed by atoms with Crippen molar-refractivity contribution < 1.29 is 4.79 Å². The molecule has 0 saturated heterocycles. The Morgan fingerprint density at radius 3 is 2.48 bits per heavy atom. The number of aromatic amines is 2. The second-order valence-electron chi connectivity index (χ2n) is 6.78. The molecule has 4 rings (SSSR count). The number of carbonyl (C=O) groups is 1. The third kappa shape index (κ3) is 3.08. The van der Waals surface area contributed by atoms with Gasteiger partial charge in [-0.05, 0) is 24.1 Å². The summed E-state index contributed by atoms with van der Waals surface area (Å²) in [5, 5.41) is 10.3. The van der Waals surface area contributed by atoms with E-state index >= 15 is 0 Å². The van der Waals surface area contributed by atoms with E-state index in [2.05, 4.69) is 25.5 Å². The molecule has 2 aromatic heterocycles. The molecule has 0 fully saturated rings. The normalized spacial score (nSPS) is 12.6. The Morgan fingerprint density at radius 2 is 1.74 bits per heavy atom. The standard InChI is InChI=1S/C20H19N5O2/c1-11(2)16(18-21-14-9-5-6-10-15(14)22-18)23-20(27)17-12-7-3-4-8-13(12)19(26)25-24-17/h3-11,16H,1-2H3,(H,21,22)(H,23,27)(H,25,26)/t16-/m0/s1. The maximum absolute atomic E-state index is 12.9. The summed E-state index contributed by atoms with van der Waals surface area (Å²) in [7, 11) is 0. The van der Waals surface area contributed by atoms with Crippen molar-refractivity contribution in [1.29, 1.82) is 0 Å². The van der Waals surface area contributed by atoms with E-state index in [4.69, 9.17) is 0 Å². The number of benzene rings is 2. The molecular formula is C20H19N5O2. The van der Waals surface area contributed by atoms with Crippen LogP contribution in [0.4, 0.5) is 0 Å². The van der Waals surface area contributed by atoms with Crippen LogP contribution in [0.15, 0.2) is 53.3 Å². The predicted molar refractivity (Wildman–Crippen MR) is 104 cm³/mol. The third-order valence-corrected chi connectivity index (χ3v) is 4.57. The Bertz CT molecular complexity index is 1160. The number of para-hydroxylation sites is 2. The van der Waals surface area contributed by atoms with Gasteiger partial charge in [-0.1, -0.05) is 44.2 Å². The first kappa shape index (κ1) is 17.0. The lowest BCUT2D eigenvalue weighted by atomic mass is 10.0. The van der Waals surface area contributed by atoms with Gasteiger partial charge in [-0.25, -0.2) is 10.1 Å². The molecule has 0 aliphatic carbocycles. The van der Waals surface area contributed by atoms with Crippen LogP contribution in [0.5, 0.6) is 0 Å². The molecule has 2 aromatic carbocycles. The maximum atomic E-state index is 12.9. The lowest BCUT2D eigenvalue weighted by Gasteiger charge is -2.20. The number of nitrogens with zero attached hydrogens (tertiary/aromatic N) is 2. The van der Waals surface area contributed by atoms with E-state index in [9.17, 15) is 9.59 Å². The van der Waals surface area contributed by atoms with Crippen molar-refractivity contribution >= 4 is 27.7 Å². The predicted octanol–water partition coefficient (Wildman–Crippen LogP) is 2.93. The largest absolute Gasteiger partial charge is 0.340 e. The number of carbonyl (C=O) groups excluding carboxylic acids is 1. The van der Waals surface area contributed by atoms with Crippen LogP contribution in [0.2, 0.25) is 0 Å². The van der Waals surface area contributed by atoms with Gasteiger partial charge < -0.3 is 10.3 Å². The lowest BCUT2D eigenvalue weighted by molar-refractivity contribution is 0.0919. The lowest BCUT2D eigenvalue weighted by Crippen LogP contribution is -2.33. The van der Waals surface area contributed by atoms with Gasteiger partial charge >= 0.3 is 0 Å².